The Balaban J connectivity index is 1.51. The summed E-state index contributed by atoms with van der Waals surface area (Å²) in [7, 11) is 0. The van der Waals surface area contributed by atoms with Gasteiger partial charge in [-0.2, -0.15) is 0 Å². The second-order valence-corrected chi connectivity index (χ2v) is 6.92. The first-order valence-electron chi connectivity index (χ1n) is 8.36. The lowest BCUT2D eigenvalue weighted by Gasteiger charge is -2.27. The normalized spacial score (nSPS) is 15.8. The van der Waals surface area contributed by atoms with Crippen LogP contribution in [0.25, 0.3) is 0 Å². The fourth-order valence-electron chi connectivity index (χ4n) is 2.81. The third-order valence-electron chi connectivity index (χ3n) is 4.11. The Labute approximate surface area is 146 Å². The van der Waals surface area contributed by atoms with E-state index in [0.717, 1.165) is 29.5 Å². The van der Waals surface area contributed by atoms with Crippen LogP contribution in [0.1, 0.15) is 42.8 Å². The molecule has 128 valence electrons. The maximum absolute atomic E-state index is 12.0. The largest absolute Gasteiger partial charge is 0.357 e. The number of nitrogens with one attached hydrogen (secondary N) is 2. The number of carbonyl (C=O) groups is 1. The number of anilines is 1. The minimum absolute atomic E-state index is 0.0913. The molecule has 1 atom stereocenters. The van der Waals surface area contributed by atoms with Gasteiger partial charge >= 0.3 is 6.03 Å². The number of urea groups is 1. The molecule has 2 aromatic rings. The highest BCUT2D eigenvalue weighted by Gasteiger charge is 2.13. The van der Waals surface area contributed by atoms with Gasteiger partial charge in [-0.25, -0.2) is 14.8 Å². The monoisotopic (exact) mass is 345 g/mol. The summed E-state index contributed by atoms with van der Waals surface area (Å²) in [5.41, 5.74) is 1.06. The number of rotatable bonds is 5. The van der Waals surface area contributed by atoms with Gasteiger partial charge in [0.1, 0.15) is 10.8 Å². The first-order valence-corrected chi connectivity index (χ1v) is 9.24. The molecule has 1 aliphatic heterocycles. The van der Waals surface area contributed by atoms with E-state index < -0.39 is 0 Å². The summed E-state index contributed by atoms with van der Waals surface area (Å²) in [5.74, 6) is 1.01. The Bertz CT molecular complexity index is 655. The molecule has 1 aliphatic rings. The van der Waals surface area contributed by atoms with Crippen LogP contribution in [0.2, 0.25) is 0 Å². The molecular formula is C17H23N5OS. The van der Waals surface area contributed by atoms with Crippen LogP contribution in [-0.4, -0.2) is 29.1 Å². The number of hydrogen-bond donors (Lipinski definition) is 2. The van der Waals surface area contributed by atoms with E-state index in [9.17, 15) is 4.79 Å². The molecule has 0 aliphatic carbocycles. The first-order chi connectivity index (χ1) is 11.7. The molecule has 0 radical (unpaired) electrons. The summed E-state index contributed by atoms with van der Waals surface area (Å²) in [6.07, 6.45) is 7.31. The molecule has 0 bridgehead atoms. The van der Waals surface area contributed by atoms with Gasteiger partial charge in [-0.05, 0) is 43.9 Å². The van der Waals surface area contributed by atoms with Crippen LogP contribution in [0, 0.1) is 0 Å². The van der Waals surface area contributed by atoms with Crippen molar-refractivity contribution in [2.24, 2.45) is 0 Å². The number of hydrogen-bond acceptors (Lipinski definition) is 5. The SMILES string of the molecule is C[C@@H](NC(=O)NCc1ccnc(N2CCCCC2)c1)c1nccs1. The van der Waals surface area contributed by atoms with Crippen molar-refractivity contribution in [3.63, 3.8) is 0 Å². The first kappa shape index (κ1) is 16.7. The number of thiazole rings is 1. The molecule has 2 amide bonds. The minimum atomic E-state index is -0.186. The standard InChI is InChI=1S/C17H23N5OS/c1-13(16-19-7-10-24-16)21-17(23)20-12-14-5-6-18-15(11-14)22-8-3-2-4-9-22/h5-7,10-11,13H,2-4,8-9,12H2,1H3,(H2,20,21,23)/t13-/m1/s1. The molecule has 0 spiro atoms. The van der Waals surface area contributed by atoms with E-state index in [0.29, 0.717) is 6.54 Å². The molecular weight excluding hydrogens is 322 g/mol. The lowest BCUT2D eigenvalue weighted by atomic mass is 10.1. The highest BCUT2D eigenvalue weighted by molar-refractivity contribution is 7.09. The zero-order valence-electron chi connectivity index (χ0n) is 13.9. The van der Waals surface area contributed by atoms with Gasteiger partial charge in [0.2, 0.25) is 0 Å². The predicted octanol–water partition coefficient (Wildman–Crippen LogP) is 3.09. The molecule has 2 aromatic heterocycles. The maximum Gasteiger partial charge on any atom is 0.315 e. The van der Waals surface area contributed by atoms with E-state index in [1.807, 2.05) is 24.6 Å². The number of amides is 2. The summed E-state index contributed by atoms with van der Waals surface area (Å²) >= 11 is 1.54. The van der Waals surface area contributed by atoms with Crippen molar-refractivity contribution in [2.45, 2.75) is 38.8 Å². The zero-order valence-corrected chi connectivity index (χ0v) is 14.7. The lowest BCUT2D eigenvalue weighted by molar-refractivity contribution is 0.237. The van der Waals surface area contributed by atoms with Gasteiger partial charge in [0, 0.05) is 37.4 Å². The molecule has 1 fully saturated rings. The third-order valence-corrected chi connectivity index (χ3v) is 5.07. The Morgan fingerprint density at radius 2 is 2.12 bits per heavy atom. The van der Waals surface area contributed by atoms with Crippen LogP contribution in [0.15, 0.2) is 29.9 Å². The van der Waals surface area contributed by atoms with E-state index in [1.165, 1.54) is 30.6 Å². The lowest BCUT2D eigenvalue weighted by Crippen LogP contribution is -2.36. The molecule has 1 saturated heterocycles. The molecule has 3 rings (SSSR count). The van der Waals surface area contributed by atoms with Crippen molar-refractivity contribution in [2.75, 3.05) is 18.0 Å². The van der Waals surface area contributed by atoms with E-state index in [1.54, 1.807) is 6.20 Å². The number of carbonyl (C=O) groups excluding carboxylic acids is 1. The van der Waals surface area contributed by atoms with E-state index in [-0.39, 0.29) is 12.1 Å². The topological polar surface area (TPSA) is 70.2 Å². The number of piperidine rings is 1. The van der Waals surface area contributed by atoms with Gasteiger partial charge in [-0.15, -0.1) is 11.3 Å². The van der Waals surface area contributed by atoms with Crippen LogP contribution in [0.3, 0.4) is 0 Å². The van der Waals surface area contributed by atoms with Crippen LogP contribution in [-0.2, 0) is 6.54 Å². The van der Waals surface area contributed by atoms with Crippen LogP contribution < -0.4 is 15.5 Å². The summed E-state index contributed by atoms with van der Waals surface area (Å²) in [6, 6.07) is 3.73. The molecule has 0 saturated carbocycles. The number of aromatic nitrogens is 2. The zero-order chi connectivity index (χ0) is 16.8. The van der Waals surface area contributed by atoms with Gasteiger partial charge in [0.15, 0.2) is 0 Å². The molecule has 6 nitrogen and oxygen atoms in total. The fourth-order valence-corrected chi connectivity index (χ4v) is 3.45. The quantitative estimate of drug-likeness (QED) is 0.874. The summed E-state index contributed by atoms with van der Waals surface area (Å²) in [5, 5.41) is 8.62. The Morgan fingerprint density at radius 1 is 1.29 bits per heavy atom. The maximum atomic E-state index is 12.0. The predicted molar refractivity (Wildman–Crippen MR) is 96.2 cm³/mol. The highest BCUT2D eigenvalue weighted by atomic mass is 32.1. The van der Waals surface area contributed by atoms with Crippen LogP contribution in [0.4, 0.5) is 10.6 Å². The molecule has 0 aromatic carbocycles. The summed E-state index contributed by atoms with van der Waals surface area (Å²) in [6.45, 7) is 4.55. The van der Waals surface area contributed by atoms with E-state index in [4.69, 9.17) is 0 Å². The Hall–Kier alpha value is -2.15. The van der Waals surface area contributed by atoms with E-state index >= 15 is 0 Å². The second kappa shape index (κ2) is 8.10. The average Bonchev–Trinajstić information content (AvgIpc) is 3.16. The molecule has 0 unspecified atom stereocenters. The summed E-state index contributed by atoms with van der Waals surface area (Å²) in [4.78, 5) is 23.0. The van der Waals surface area contributed by atoms with Gasteiger partial charge in [-0.1, -0.05) is 0 Å². The highest BCUT2D eigenvalue weighted by Crippen LogP contribution is 2.18. The summed E-state index contributed by atoms with van der Waals surface area (Å²) < 4.78 is 0. The molecule has 7 heteroatoms. The fraction of sp³-hybridized carbons (Fsp3) is 0.471. The van der Waals surface area contributed by atoms with Gasteiger partial charge in [0.25, 0.3) is 0 Å². The smallest absolute Gasteiger partial charge is 0.315 e. The van der Waals surface area contributed by atoms with Crippen molar-refractivity contribution < 1.29 is 4.79 Å². The van der Waals surface area contributed by atoms with Crippen molar-refractivity contribution in [3.8, 4) is 0 Å². The molecule has 2 N–H and O–H groups in total. The number of pyridine rings is 1. The van der Waals surface area contributed by atoms with Crippen LogP contribution >= 0.6 is 11.3 Å². The van der Waals surface area contributed by atoms with Gasteiger partial charge in [0.05, 0.1) is 6.04 Å². The average molecular weight is 345 g/mol. The van der Waals surface area contributed by atoms with Crippen molar-refractivity contribution >= 4 is 23.2 Å². The van der Waals surface area contributed by atoms with Crippen molar-refractivity contribution in [1.29, 1.82) is 0 Å². The van der Waals surface area contributed by atoms with Crippen LogP contribution in [0.5, 0.6) is 0 Å². The van der Waals surface area contributed by atoms with Crippen molar-refractivity contribution in [3.05, 3.63) is 40.5 Å². The van der Waals surface area contributed by atoms with Crippen molar-refractivity contribution in [1.82, 2.24) is 20.6 Å². The Morgan fingerprint density at radius 3 is 2.88 bits per heavy atom. The third kappa shape index (κ3) is 4.44. The van der Waals surface area contributed by atoms with Gasteiger partial charge < -0.3 is 15.5 Å². The number of nitrogens with zero attached hydrogens (tertiary/aromatic N) is 3. The minimum Gasteiger partial charge on any atom is -0.357 e. The Kier molecular flexibility index (Phi) is 5.63. The van der Waals surface area contributed by atoms with E-state index in [2.05, 4.69) is 31.6 Å². The second-order valence-electron chi connectivity index (χ2n) is 5.99. The molecule has 3 heterocycles. The molecule has 24 heavy (non-hydrogen) atoms. The van der Waals surface area contributed by atoms with Gasteiger partial charge in [-0.3, -0.25) is 0 Å².